The first-order chi connectivity index (χ1) is 37.7. The standard InChI is InChI=1S/C51H88N16O14/c1-23(2)17-33(45(74)58-29(11)43(72)64-34(18-31-20-55-22-57-31)47(76)62-32(51(80)81)15-13-14-16-52)63-42(71)28(10)59-46(75)35(19-36(53)68)65-44(73)30(12)61-49(78)39(25(5)6)66-37(69)21-56-41(70)27(9)60-50(79)40(26(7)8)67-48(77)38(54)24(3)4/h20,22-30,32-35,38-40H,13-19,21,52,54H2,1-12H3,(H2,53,68)(H,55,57)(H,56,70)(H,58,74)(H,59,75)(H,60,79)(H,61,78)(H,62,76)(H,63,71)(H,64,72)(H,65,73)(H,66,69)(H,67,77)(H,80,81)/t27-,28-,29-,30-,32-,33-,34-,35-,38-,39-,40-/m0/s1. The Morgan fingerprint density at radius 1 is 0.519 bits per heavy atom. The van der Waals surface area contributed by atoms with Crippen LogP contribution in [-0.4, -0.2) is 171 Å². The highest BCUT2D eigenvalue weighted by Gasteiger charge is 2.35. The summed E-state index contributed by atoms with van der Waals surface area (Å²) in [5.41, 5.74) is 17.3. The summed E-state index contributed by atoms with van der Waals surface area (Å²) in [7, 11) is 0. The van der Waals surface area contributed by atoms with Gasteiger partial charge in [0.2, 0.25) is 70.9 Å². The lowest BCUT2D eigenvalue weighted by molar-refractivity contribution is -0.142. The van der Waals surface area contributed by atoms with Crippen LogP contribution >= 0.6 is 0 Å². The van der Waals surface area contributed by atoms with Crippen molar-refractivity contribution in [3.63, 3.8) is 0 Å². The van der Waals surface area contributed by atoms with Crippen LogP contribution < -0.4 is 75.7 Å². The maximum Gasteiger partial charge on any atom is 0.326 e. The molecule has 0 aliphatic carbocycles. The van der Waals surface area contributed by atoms with Crippen LogP contribution in [0.3, 0.4) is 0 Å². The molecule has 0 unspecified atom stereocenters. The van der Waals surface area contributed by atoms with Gasteiger partial charge in [-0.3, -0.25) is 57.5 Å². The van der Waals surface area contributed by atoms with Crippen molar-refractivity contribution in [2.75, 3.05) is 13.1 Å². The van der Waals surface area contributed by atoms with Crippen molar-refractivity contribution in [2.24, 2.45) is 40.9 Å². The molecule has 81 heavy (non-hydrogen) atoms. The molecule has 0 radical (unpaired) electrons. The predicted octanol–water partition coefficient (Wildman–Crippen LogP) is -4.57. The number of primary amides is 1. The van der Waals surface area contributed by atoms with E-state index in [-0.39, 0.29) is 37.0 Å². The lowest BCUT2D eigenvalue weighted by Gasteiger charge is -2.27. The number of nitrogens with two attached hydrogens (primary N) is 3. The van der Waals surface area contributed by atoms with Crippen molar-refractivity contribution >= 4 is 76.9 Å². The van der Waals surface area contributed by atoms with Gasteiger partial charge in [-0.25, -0.2) is 9.78 Å². The van der Waals surface area contributed by atoms with Gasteiger partial charge in [0.05, 0.1) is 25.3 Å². The Morgan fingerprint density at radius 3 is 1.41 bits per heavy atom. The summed E-state index contributed by atoms with van der Waals surface area (Å²) in [6.07, 6.45) is 2.93. The highest BCUT2D eigenvalue weighted by Crippen LogP contribution is 2.10. The van der Waals surface area contributed by atoms with Gasteiger partial charge < -0.3 is 85.8 Å². The molecule has 0 spiro atoms. The molecule has 1 rings (SSSR count). The fraction of sp³-hybridized carbons (Fsp3) is 0.686. The number of carbonyl (C=O) groups is 13. The molecule has 0 aromatic carbocycles. The third-order valence-electron chi connectivity index (χ3n) is 12.5. The first kappa shape index (κ1) is 71.3. The maximum absolute atomic E-state index is 13.7. The summed E-state index contributed by atoms with van der Waals surface area (Å²) in [4.78, 5) is 177. The third kappa shape index (κ3) is 25.9. The number of rotatable bonds is 36. The van der Waals surface area contributed by atoms with E-state index in [0.29, 0.717) is 25.1 Å². The number of hydrogen-bond acceptors (Lipinski definition) is 16. The molecular formula is C51H88N16O14. The first-order valence-electron chi connectivity index (χ1n) is 26.9. The Kier molecular flexibility index (Phi) is 30.9. The van der Waals surface area contributed by atoms with Gasteiger partial charge in [0, 0.05) is 18.3 Å². The number of H-pyrrole nitrogens is 1. The van der Waals surface area contributed by atoms with E-state index in [9.17, 15) is 67.4 Å². The zero-order valence-corrected chi connectivity index (χ0v) is 48.4. The van der Waals surface area contributed by atoms with Crippen molar-refractivity contribution in [1.82, 2.24) is 68.5 Å². The fourth-order valence-corrected chi connectivity index (χ4v) is 7.52. The smallest absolute Gasteiger partial charge is 0.326 e. The lowest BCUT2D eigenvalue weighted by Crippen LogP contribution is -2.60. The number of nitrogens with zero attached hydrogens (tertiary/aromatic N) is 1. The maximum atomic E-state index is 13.7. The highest BCUT2D eigenvalue weighted by atomic mass is 16.4. The van der Waals surface area contributed by atoms with E-state index in [0.717, 1.165) is 0 Å². The number of aromatic nitrogens is 2. The molecular weight excluding hydrogens is 1060 g/mol. The SMILES string of the molecule is CC(C)C[C@H](NC(=O)[C@H](C)NC(=O)[C@H](CC(N)=O)NC(=O)[C@H](C)NC(=O)[C@@H](NC(=O)CNC(=O)[C@H](C)NC(=O)[C@@H](NC(=O)[C@@H](N)C(C)C)C(C)C)C(C)C)C(=O)N[C@@H](C)C(=O)N[C@@H](Cc1cnc[nH]1)C(=O)N[C@@H](CCCCN)C(=O)O. The molecule has 0 bridgehead atoms. The largest absolute Gasteiger partial charge is 0.480 e. The molecule has 1 heterocycles. The van der Waals surface area contributed by atoms with Gasteiger partial charge in [-0.15, -0.1) is 0 Å². The molecule has 456 valence electrons. The average Bonchev–Trinajstić information content (AvgIpc) is 3.89. The van der Waals surface area contributed by atoms with E-state index in [4.69, 9.17) is 17.2 Å². The van der Waals surface area contributed by atoms with Crippen LogP contribution in [0.25, 0.3) is 0 Å². The van der Waals surface area contributed by atoms with E-state index in [1.165, 1.54) is 40.2 Å². The van der Waals surface area contributed by atoms with Crippen LogP contribution in [-0.2, 0) is 68.7 Å². The van der Waals surface area contributed by atoms with Gasteiger partial charge in [-0.05, 0) is 83.6 Å². The van der Waals surface area contributed by atoms with Crippen LogP contribution in [0.5, 0.6) is 0 Å². The topological polar surface area (TPSA) is 481 Å². The summed E-state index contributed by atoms with van der Waals surface area (Å²) in [6.45, 7) is 18.4. The van der Waals surface area contributed by atoms with E-state index < -0.39 is 162 Å². The number of carbonyl (C=O) groups excluding carboxylic acids is 12. The molecule has 1 aromatic heterocycles. The Bertz CT molecular complexity index is 2330. The second kappa shape index (κ2) is 35.1. The normalized spacial score (nSPS) is 15.3. The lowest BCUT2D eigenvalue weighted by atomic mass is 10.00. The summed E-state index contributed by atoms with van der Waals surface area (Å²) >= 11 is 0. The minimum atomic E-state index is -1.68. The van der Waals surface area contributed by atoms with E-state index in [1.54, 1.807) is 55.4 Å². The molecule has 30 heteroatoms. The summed E-state index contributed by atoms with van der Waals surface area (Å²) in [6, 6.07) is -14.0. The molecule has 30 nitrogen and oxygen atoms in total. The number of aromatic amines is 1. The van der Waals surface area contributed by atoms with Gasteiger partial charge in [0.25, 0.3) is 0 Å². The first-order valence-corrected chi connectivity index (χ1v) is 26.9. The van der Waals surface area contributed by atoms with Crippen molar-refractivity contribution in [2.45, 2.75) is 188 Å². The van der Waals surface area contributed by atoms with Gasteiger partial charge in [0.15, 0.2) is 0 Å². The molecule has 0 aliphatic rings. The number of hydrogen-bond donors (Lipinski definition) is 16. The fourth-order valence-electron chi connectivity index (χ4n) is 7.52. The number of imidazole rings is 1. The van der Waals surface area contributed by atoms with Crippen molar-refractivity contribution < 1.29 is 67.4 Å². The second-order valence-electron chi connectivity index (χ2n) is 21.4. The van der Waals surface area contributed by atoms with Crippen molar-refractivity contribution in [3.05, 3.63) is 18.2 Å². The molecule has 0 saturated heterocycles. The quantitative estimate of drug-likeness (QED) is 0.0281. The van der Waals surface area contributed by atoms with Crippen LogP contribution in [0.15, 0.2) is 12.5 Å². The number of amides is 12. The molecule has 1 aromatic rings. The van der Waals surface area contributed by atoms with Crippen LogP contribution in [0, 0.1) is 23.7 Å². The zero-order chi connectivity index (χ0) is 62.0. The third-order valence-corrected chi connectivity index (χ3v) is 12.5. The molecule has 0 aliphatic heterocycles. The Labute approximate surface area is 471 Å². The molecule has 0 fully saturated rings. The second-order valence-corrected chi connectivity index (χ2v) is 21.4. The monoisotopic (exact) mass is 1150 g/mol. The molecule has 19 N–H and O–H groups in total. The molecule has 0 saturated carbocycles. The van der Waals surface area contributed by atoms with Crippen LogP contribution in [0.2, 0.25) is 0 Å². The Hall–Kier alpha value is -7.76. The molecule has 11 atom stereocenters. The van der Waals surface area contributed by atoms with E-state index in [1.807, 2.05) is 0 Å². The predicted molar refractivity (Wildman–Crippen MR) is 294 cm³/mol. The zero-order valence-electron chi connectivity index (χ0n) is 48.4. The number of aliphatic carboxylic acids is 1. The van der Waals surface area contributed by atoms with Gasteiger partial charge in [-0.2, -0.15) is 0 Å². The average molecular weight is 1150 g/mol. The van der Waals surface area contributed by atoms with Crippen molar-refractivity contribution in [3.8, 4) is 0 Å². The number of carboxylic acid groups (broad SMARTS) is 1. The van der Waals surface area contributed by atoms with E-state index >= 15 is 0 Å². The van der Waals surface area contributed by atoms with Gasteiger partial charge in [-0.1, -0.05) is 55.4 Å². The highest BCUT2D eigenvalue weighted by molar-refractivity contribution is 5.99. The summed E-state index contributed by atoms with van der Waals surface area (Å²) in [5.74, 6) is -12.7. The van der Waals surface area contributed by atoms with Gasteiger partial charge >= 0.3 is 5.97 Å². The summed E-state index contributed by atoms with van der Waals surface area (Å²) < 4.78 is 0. The number of nitrogens with one attached hydrogen (secondary N) is 12. The Morgan fingerprint density at radius 2 is 0.963 bits per heavy atom. The number of unbranched alkanes of at least 4 members (excludes halogenated alkanes) is 1. The van der Waals surface area contributed by atoms with Crippen molar-refractivity contribution in [1.29, 1.82) is 0 Å². The van der Waals surface area contributed by atoms with Crippen LogP contribution in [0.1, 0.15) is 121 Å². The minimum Gasteiger partial charge on any atom is -0.480 e. The molecule has 12 amide bonds. The summed E-state index contributed by atoms with van der Waals surface area (Å²) in [5, 5.41) is 36.8. The van der Waals surface area contributed by atoms with Gasteiger partial charge in [0.1, 0.15) is 60.4 Å². The minimum absolute atomic E-state index is 0.0404. The Balaban J connectivity index is 3.00. The van der Waals surface area contributed by atoms with E-state index in [2.05, 4.69) is 68.5 Å². The number of carboxylic acids is 1. The van der Waals surface area contributed by atoms with Crippen LogP contribution in [0.4, 0.5) is 0 Å².